The van der Waals surface area contributed by atoms with Crippen LogP contribution in [0.4, 0.5) is 0 Å². The largest absolute Gasteiger partial charge is 0.508 e. The Morgan fingerprint density at radius 2 is 1.69 bits per heavy atom. The minimum atomic E-state index is -3.72. The van der Waals surface area contributed by atoms with E-state index in [1.54, 1.807) is 35.6 Å². The Morgan fingerprint density at radius 1 is 1.03 bits per heavy atom. The zero-order chi connectivity index (χ0) is 20.8. The second-order valence-corrected chi connectivity index (χ2v) is 9.16. The average Bonchev–Trinajstić information content (AvgIpc) is 3.26. The third-order valence-electron chi connectivity index (χ3n) is 4.75. The van der Waals surface area contributed by atoms with Gasteiger partial charge in [-0.05, 0) is 68.4 Å². The lowest BCUT2D eigenvalue weighted by molar-refractivity contribution is 0.475. The molecule has 0 saturated carbocycles. The van der Waals surface area contributed by atoms with Gasteiger partial charge in [-0.1, -0.05) is 0 Å². The smallest absolute Gasteiger partial charge is 0.238 e. The summed E-state index contributed by atoms with van der Waals surface area (Å²) < 4.78 is 25.0. The molecular formula is C21H19N3O3S2. The van der Waals surface area contributed by atoms with Gasteiger partial charge in [0.25, 0.3) is 0 Å². The summed E-state index contributed by atoms with van der Waals surface area (Å²) in [6.45, 7) is 4.01. The Labute approximate surface area is 173 Å². The molecule has 0 unspecified atom stereocenters. The maximum Gasteiger partial charge on any atom is 0.238 e. The molecule has 4 rings (SSSR count). The topological polar surface area (TPSA) is 98.2 Å². The molecule has 0 radical (unpaired) electrons. The minimum Gasteiger partial charge on any atom is -0.508 e. The number of thiazole rings is 1. The van der Waals surface area contributed by atoms with Crippen molar-refractivity contribution >= 4 is 21.4 Å². The van der Waals surface area contributed by atoms with E-state index in [1.807, 2.05) is 31.4 Å². The molecule has 148 valence electrons. The van der Waals surface area contributed by atoms with E-state index in [0.717, 1.165) is 38.9 Å². The van der Waals surface area contributed by atoms with Crippen molar-refractivity contribution < 1.29 is 13.5 Å². The van der Waals surface area contributed by atoms with E-state index in [4.69, 9.17) is 10.1 Å². The molecule has 6 nitrogen and oxygen atoms in total. The highest BCUT2D eigenvalue weighted by atomic mass is 32.2. The molecule has 0 bridgehead atoms. The van der Waals surface area contributed by atoms with Crippen LogP contribution in [0.2, 0.25) is 0 Å². The summed E-state index contributed by atoms with van der Waals surface area (Å²) in [4.78, 5) is 4.85. The van der Waals surface area contributed by atoms with Crippen LogP contribution in [0.5, 0.6) is 5.75 Å². The Bertz CT molecular complexity index is 1290. The number of primary sulfonamides is 1. The summed E-state index contributed by atoms with van der Waals surface area (Å²) in [7, 11) is -3.72. The molecule has 0 fully saturated rings. The Kier molecular flexibility index (Phi) is 4.77. The first-order valence-electron chi connectivity index (χ1n) is 8.81. The number of hydrogen-bond acceptors (Lipinski definition) is 5. The van der Waals surface area contributed by atoms with E-state index in [1.165, 1.54) is 12.1 Å². The van der Waals surface area contributed by atoms with Crippen LogP contribution in [0.3, 0.4) is 0 Å². The molecule has 8 heteroatoms. The summed E-state index contributed by atoms with van der Waals surface area (Å²) in [5.74, 6) is 0.225. The molecule has 0 amide bonds. The number of sulfonamides is 1. The molecule has 2 aromatic heterocycles. The molecule has 29 heavy (non-hydrogen) atoms. The van der Waals surface area contributed by atoms with Gasteiger partial charge in [0.05, 0.1) is 10.6 Å². The predicted molar refractivity (Wildman–Crippen MR) is 115 cm³/mol. The molecule has 0 aliphatic rings. The van der Waals surface area contributed by atoms with Crippen LogP contribution < -0.4 is 5.14 Å². The van der Waals surface area contributed by atoms with Gasteiger partial charge in [-0.25, -0.2) is 18.5 Å². The number of phenolic OH excluding ortho intramolecular Hbond substituents is 1. The zero-order valence-electron chi connectivity index (χ0n) is 15.8. The van der Waals surface area contributed by atoms with Crippen LogP contribution in [-0.2, 0) is 10.0 Å². The van der Waals surface area contributed by atoms with Crippen LogP contribution in [-0.4, -0.2) is 23.1 Å². The fraction of sp³-hybridized carbons (Fsp3) is 0.0952. The van der Waals surface area contributed by atoms with E-state index in [0.29, 0.717) is 0 Å². The third-order valence-corrected chi connectivity index (χ3v) is 6.57. The SMILES string of the molecule is Cc1cc(-c2csc(-c3ccc(O)cc3)n2)c(C)n1-c1ccc(S(N)(=O)=O)cc1. The lowest BCUT2D eigenvalue weighted by Gasteiger charge is -2.10. The van der Waals surface area contributed by atoms with E-state index in [2.05, 4.69) is 10.6 Å². The summed E-state index contributed by atoms with van der Waals surface area (Å²) in [5, 5.41) is 17.5. The number of aryl methyl sites for hydroxylation is 1. The highest BCUT2D eigenvalue weighted by molar-refractivity contribution is 7.89. The zero-order valence-corrected chi connectivity index (χ0v) is 17.5. The number of aromatic nitrogens is 2. The van der Waals surface area contributed by atoms with Crippen LogP contribution in [0.25, 0.3) is 27.5 Å². The van der Waals surface area contributed by atoms with Gasteiger partial charge in [-0.2, -0.15) is 0 Å². The second kappa shape index (κ2) is 7.14. The highest BCUT2D eigenvalue weighted by Crippen LogP contribution is 2.33. The van der Waals surface area contributed by atoms with Gasteiger partial charge in [0, 0.05) is 33.6 Å². The lowest BCUT2D eigenvalue weighted by Crippen LogP contribution is -2.12. The molecule has 0 spiro atoms. The van der Waals surface area contributed by atoms with Crippen molar-refractivity contribution in [2.45, 2.75) is 18.7 Å². The fourth-order valence-electron chi connectivity index (χ4n) is 3.34. The molecule has 3 N–H and O–H groups in total. The first-order valence-corrected chi connectivity index (χ1v) is 11.2. The van der Waals surface area contributed by atoms with Gasteiger partial charge in [0.15, 0.2) is 0 Å². The summed E-state index contributed by atoms with van der Waals surface area (Å²) in [6.07, 6.45) is 0. The molecule has 0 atom stereocenters. The van der Waals surface area contributed by atoms with Crippen LogP contribution in [0, 0.1) is 13.8 Å². The Hall–Kier alpha value is -2.94. The van der Waals surface area contributed by atoms with Crippen molar-refractivity contribution in [2.24, 2.45) is 5.14 Å². The molecule has 2 aromatic carbocycles. The molecule has 4 aromatic rings. The maximum absolute atomic E-state index is 11.5. The lowest BCUT2D eigenvalue weighted by atomic mass is 10.2. The number of phenols is 1. The first-order chi connectivity index (χ1) is 13.7. The number of nitrogens with two attached hydrogens (primary N) is 1. The van der Waals surface area contributed by atoms with Gasteiger partial charge in [-0.3, -0.25) is 0 Å². The third kappa shape index (κ3) is 3.69. The second-order valence-electron chi connectivity index (χ2n) is 6.74. The fourth-order valence-corrected chi connectivity index (χ4v) is 4.68. The molecule has 0 aliphatic heterocycles. The summed E-state index contributed by atoms with van der Waals surface area (Å²) in [6, 6.07) is 15.5. The molecule has 0 aliphatic carbocycles. The molecule has 2 heterocycles. The van der Waals surface area contributed by atoms with Crippen molar-refractivity contribution in [3.8, 4) is 33.3 Å². The van der Waals surface area contributed by atoms with Crippen LogP contribution in [0.1, 0.15) is 11.4 Å². The van der Waals surface area contributed by atoms with E-state index in [-0.39, 0.29) is 10.6 Å². The first kappa shape index (κ1) is 19.4. The molecular weight excluding hydrogens is 406 g/mol. The summed E-state index contributed by atoms with van der Waals surface area (Å²) in [5.41, 5.74) is 5.71. The quantitative estimate of drug-likeness (QED) is 0.511. The van der Waals surface area contributed by atoms with Crippen LogP contribution >= 0.6 is 11.3 Å². The number of rotatable bonds is 4. The highest BCUT2D eigenvalue weighted by Gasteiger charge is 2.16. The van der Waals surface area contributed by atoms with Gasteiger partial charge < -0.3 is 9.67 Å². The number of benzene rings is 2. The standard InChI is InChI=1S/C21H19N3O3S2/c1-13-11-19(20-12-28-21(23-20)15-3-7-17(25)8-4-15)14(2)24(13)16-5-9-18(10-6-16)29(22,26)27/h3-12,25H,1-2H3,(H2,22,26,27). The van der Waals surface area contributed by atoms with Gasteiger partial charge in [-0.15, -0.1) is 11.3 Å². The van der Waals surface area contributed by atoms with E-state index < -0.39 is 10.0 Å². The average molecular weight is 426 g/mol. The predicted octanol–water partition coefficient (Wildman–Crippen LogP) is 4.24. The van der Waals surface area contributed by atoms with Gasteiger partial charge >= 0.3 is 0 Å². The van der Waals surface area contributed by atoms with E-state index in [9.17, 15) is 13.5 Å². The van der Waals surface area contributed by atoms with Crippen molar-refractivity contribution in [1.29, 1.82) is 0 Å². The normalized spacial score (nSPS) is 11.7. The van der Waals surface area contributed by atoms with Crippen LogP contribution in [0.15, 0.2) is 64.9 Å². The van der Waals surface area contributed by atoms with Crippen molar-refractivity contribution in [1.82, 2.24) is 9.55 Å². The minimum absolute atomic E-state index is 0.0852. The molecule has 0 saturated heterocycles. The van der Waals surface area contributed by atoms with Crippen molar-refractivity contribution in [3.63, 3.8) is 0 Å². The maximum atomic E-state index is 11.5. The number of hydrogen-bond donors (Lipinski definition) is 2. The Morgan fingerprint density at radius 3 is 2.31 bits per heavy atom. The summed E-state index contributed by atoms with van der Waals surface area (Å²) >= 11 is 1.55. The Balaban J connectivity index is 1.72. The number of nitrogens with zero attached hydrogens (tertiary/aromatic N) is 2. The van der Waals surface area contributed by atoms with E-state index >= 15 is 0 Å². The van der Waals surface area contributed by atoms with Crippen molar-refractivity contribution in [3.05, 3.63) is 71.4 Å². The number of aromatic hydroxyl groups is 1. The van der Waals surface area contributed by atoms with Crippen molar-refractivity contribution in [2.75, 3.05) is 0 Å². The van der Waals surface area contributed by atoms with Gasteiger partial charge in [0.2, 0.25) is 10.0 Å². The monoisotopic (exact) mass is 425 g/mol. The van der Waals surface area contributed by atoms with Gasteiger partial charge in [0.1, 0.15) is 10.8 Å².